The number of carbonyl (C=O) groups is 1. The van der Waals surface area contributed by atoms with Crippen molar-refractivity contribution in [1.82, 2.24) is 9.55 Å². The van der Waals surface area contributed by atoms with E-state index in [0.717, 1.165) is 47.5 Å². The number of anilines is 1. The predicted octanol–water partition coefficient (Wildman–Crippen LogP) is 5.55. The lowest BCUT2D eigenvalue weighted by atomic mass is 10.1. The molecule has 3 aromatic carbocycles. The van der Waals surface area contributed by atoms with Gasteiger partial charge in [0, 0.05) is 24.2 Å². The van der Waals surface area contributed by atoms with Crippen LogP contribution in [0.2, 0.25) is 0 Å². The smallest absolute Gasteiger partial charge is 0.224 e. The van der Waals surface area contributed by atoms with Crippen LogP contribution in [0.5, 0.6) is 0 Å². The normalized spacial score (nSPS) is 10.9. The van der Waals surface area contributed by atoms with Gasteiger partial charge in [-0.25, -0.2) is 4.98 Å². The molecule has 4 aromatic rings. The van der Waals surface area contributed by atoms with Crippen molar-refractivity contribution < 1.29 is 4.79 Å². The molecule has 0 aliphatic rings. The summed E-state index contributed by atoms with van der Waals surface area (Å²) in [6.45, 7) is 2.01. The summed E-state index contributed by atoms with van der Waals surface area (Å²) in [4.78, 5) is 16.6. The Balaban J connectivity index is 1.54. The van der Waals surface area contributed by atoms with Crippen molar-refractivity contribution in [2.24, 2.45) is 0 Å². The number of imidazole rings is 1. The van der Waals surface area contributed by atoms with Gasteiger partial charge in [-0.2, -0.15) is 0 Å². The van der Waals surface area contributed by atoms with Gasteiger partial charge in [0.25, 0.3) is 0 Å². The van der Waals surface area contributed by atoms with Crippen LogP contribution in [0.15, 0.2) is 78.9 Å². The fourth-order valence-corrected chi connectivity index (χ4v) is 3.57. The molecule has 0 radical (unpaired) electrons. The van der Waals surface area contributed by atoms with Crippen molar-refractivity contribution in [3.63, 3.8) is 0 Å². The van der Waals surface area contributed by atoms with E-state index in [4.69, 9.17) is 4.98 Å². The molecular weight excluding hydrogens is 358 g/mol. The van der Waals surface area contributed by atoms with Crippen LogP contribution < -0.4 is 5.32 Å². The minimum atomic E-state index is 0.0665. The third kappa shape index (κ3) is 4.37. The van der Waals surface area contributed by atoms with Crippen LogP contribution in [-0.2, 0) is 17.6 Å². The molecule has 1 amide bonds. The van der Waals surface area contributed by atoms with Crippen LogP contribution in [0.3, 0.4) is 0 Å². The zero-order valence-electron chi connectivity index (χ0n) is 16.6. The van der Waals surface area contributed by atoms with Crippen LogP contribution in [0.4, 0.5) is 5.69 Å². The molecule has 29 heavy (non-hydrogen) atoms. The van der Waals surface area contributed by atoms with Crippen LogP contribution in [0.25, 0.3) is 16.7 Å². The van der Waals surface area contributed by atoms with Gasteiger partial charge in [-0.1, -0.05) is 49.4 Å². The second-order valence-electron chi connectivity index (χ2n) is 7.18. The van der Waals surface area contributed by atoms with Crippen molar-refractivity contribution in [2.45, 2.75) is 32.6 Å². The number of para-hydroxylation sites is 3. The summed E-state index contributed by atoms with van der Waals surface area (Å²) in [7, 11) is 0. The molecule has 4 heteroatoms. The van der Waals surface area contributed by atoms with E-state index in [-0.39, 0.29) is 5.91 Å². The molecule has 4 nitrogen and oxygen atoms in total. The van der Waals surface area contributed by atoms with Gasteiger partial charge in [-0.05, 0) is 54.8 Å². The zero-order valence-corrected chi connectivity index (χ0v) is 16.6. The first-order valence-corrected chi connectivity index (χ1v) is 10.1. The zero-order chi connectivity index (χ0) is 20.1. The summed E-state index contributed by atoms with van der Waals surface area (Å²) >= 11 is 0. The van der Waals surface area contributed by atoms with Crippen molar-refractivity contribution in [1.29, 1.82) is 0 Å². The third-order valence-corrected chi connectivity index (χ3v) is 5.00. The van der Waals surface area contributed by atoms with Crippen LogP contribution in [-0.4, -0.2) is 15.5 Å². The third-order valence-electron chi connectivity index (χ3n) is 5.00. The van der Waals surface area contributed by atoms with Crippen molar-refractivity contribution in [3.8, 4) is 5.69 Å². The summed E-state index contributed by atoms with van der Waals surface area (Å²) in [6.07, 6.45) is 3.13. The van der Waals surface area contributed by atoms with E-state index in [1.54, 1.807) is 0 Å². The topological polar surface area (TPSA) is 46.9 Å². The second kappa shape index (κ2) is 8.74. The minimum Gasteiger partial charge on any atom is -0.326 e. The van der Waals surface area contributed by atoms with Crippen LogP contribution >= 0.6 is 0 Å². The quantitative estimate of drug-likeness (QED) is 0.455. The van der Waals surface area contributed by atoms with E-state index in [1.165, 1.54) is 5.56 Å². The number of nitrogens with zero attached hydrogens (tertiary/aromatic N) is 2. The molecule has 0 saturated carbocycles. The maximum atomic E-state index is 11.7. The van der Waals surface area contributed by atoms with Crippen molar-refractivity contribution >= 4 is 22.6 Å². The molecule has 0 fully saturated rings. The monoisotopic (exact) mass is 383 g/mol. The van der Waals surface area contributed by atoms with Crippen molar-refractivity contribution in [2.75, 3.05) is 5.32 Å². The Morgan fingerprint density at radius 2 is 1.62 bits per heavy atom. The van der Waals surface area contributed by atoms with Crippen molar-refractivity contribution in [3.05, 3.63) is 90.3 Å². The average molecular weight is 383 g/mol. The minimum absolute atomic E-state index is 0.0665. The highest BCUT2D eigenvalue weighted by molar-refractivity contribution is 5.90. The van der Waals surface area contributed by atoms with Gasteiger partial charge in [0.05, 0.1) is 11.0 Å². The highest BCUT2D eigenvalue weighted by Gasteiger charge is 2.12. The predicted molar refractivity (Wildman–Crippen MR) is 118 cm³/mol. The molecule has 1 heterocycles. The van der Waals surface area contributed by atoms with E-state index >= 15 is 0 Å². The maximum Gasteiger partial charge on any atom is 0.224 e. The number of nitrogens with one attached hydrogen (secondary N) is 1. The Morgan fingerprint density at radius 3 is 2.38 bits per heavy atom. The molecule has 0 atom stereocenters. The lowest BCUT2D eigenvalue weighted by molar-refractivity contribution is -0.116. The number of hydrogen-bond acceptors (Lipinski definition) is 2. The van der Waals surface area contributed by atoms with E-state index in [2.05, 4.69) is 64.5 Å². The number of hydrogen-bond donors (Lipinski definition) is 1. The molecule has 0 unspecified atom stereocenters. The number of amides is 1. The maximum absolute atomic E-state index is 11.7. The van der Waals surface area contributed by atoms with Gasteiger partial charge >= 0.3 is 0 Å². The lowest BCUT2D eigenvalue weighted by Gasteiger charge is -2.10. The number of aryl methyl sites for hydroxylation is 2. The summed E-state index contributed by atoms with van der Waals surface area (Å²) in [5.74, 6) is 1.12. The molecular formula is C25H25N3O. The van der Waals surface area contributed by atoms with Crippen LogP contribution in [0.1, 0.15) is 31.2 Å². The first kappa shape index (κ1) is 18.9. The molecule has 0 saturated heterocycles. The van der Waals surface area contributed by atoms with Gasteiger partial charge in [0.1, 0.15) is 5.82 Å². The molecule has 146 valence electrons. The number of rotatable bonds is 7. The van der Waals surface area contributed by atoms with Gasteiger partial charge in [-0.3, -0.25) is 9.36 Å². The first-order chi connectivity index (χ1) is 14.2. The number of benzene rings is 3. The van der Waals surface area contributed by atoms with Gasteiger partial charge in [-0.15, -0.1) is 0 Å². The second-order valence-corrected chi connectivity index (χ2v) is 7.18. The SMILES string of the molecule is CCCC(=O)Nc1ccc(CCc2nc3ccccc3n2-c2ccccc2)cc1. The lowest BCUT2D eigenvalue weighted by Crippen LogP contribution is -2.10. The molecule has 1 N–H and O–H groups in total. The summed E-state index contributed by atoms with van der Waals surface area (Å²) in [5.41, 5.74) is 5.35. The Kier molecular flexibility index (Phi) is 5.71. The molecule has 0 aliphatic carbocycles. The standard InChI is InChI=1S/C25H25N3O/c1-2-8-25(29)26-20-16-13-19(14-17-20)15-18-24-27-22-11-6-7-12-23(22)28(24)21-9-4-3-5-10-21/h3-7,9-14,16-17H,2,8,15,18H2,1H3,(H,26,29). The Morgan fingerprint density at radius 1 is 0.897 bits per heavy atom. The number of aromatic nitrogens is 2. The molecule has 0 aliphatic heterocycles. The number of carbonyl (C=O) groups excluding carboxylic acids is 1. The number of fused-ring (bicyclic) bond motifs is 1. The van der Waals surface area contributed by atoms with Gasteiger partial charge in [0.2, 0.25) is 5.91 Å². The molecule has 4 rings (SSSR count). The first-order valence-electron chi connectivity index (χ1n) is 10.1. The van der Waals surface area contributed by atoms with E-state index in [1.807, 2.05) is 31.2 Å². The van der Waals surface area contributed by atoms with Gasteiger partial charge < -0.3 is 5.32 Å². The van der Waals surface area contributed by atoms with E-state index in [9.17, 15) is 4.79 Å². The van der Waals surface area contributed by atoms with Crippen LogP contribution in [0, 0.1) is 0 Å². The largest absolute Gasteiger partial charge is 0.326 e. The Hall–Kier alpha value is -3.40. The Bertz CT molecular complexity index is 1100. The van der Waals surface area contributed by atoms with E-state index < -0.39 is 0 Å². The average Bonchev–Trinajstić information content (AvgIpc) is 3.12. The van der Waals surface area contributed by atoms with E-state index in [0.29, 0.717) is 6.42 Å². The fourth-order valence-electron chi connectivity index (χ4n) is 3.57. The summed E-state index contributed by atoms with van der Waals surface area (Å²) < 4.78 is 2.24. The van der Waals surface area contributed by atoms with Gasteiger partial charge in [0.15, 0.2) is 0 Å². The molecule has 1 aromatic heterocycles. The summed E-state index contributed by atoms with van der Waals surface area (Å²) in [6, 6.07) is 26.7. The highest BCUT2D eigenvalue weighted by Crippen LogP contribution is 2.22. The Labute approximate surface area is 171 Å². The summed E-state index contributed by atoms with van der Waals surface area (Å²) in [5, 5.41) is 2.94. The highest BCUT2D eigenvalue weighted by atomic mass is 16.1. The molecule has 0 bridgehead atoms. The fraction of sp³-hybridized carbons (Fsp3) is 0.200. The molecule has 0 spiro atoms.